The smallest absolute Gasteiger partial charge is 0.117 e. The van der Waals surface area contributed by atoms with Gasteiger partial charge in [0.15, 0.2) is 0 Å². The van der Waals surface area contributed by atoms with Crippen LogP contribution in [0.5, 0.6) is 11.5 Å². The zero-order valence-corrected chi connectivity index (χ0v) is 13.6. The number of benzene rings is 3. The molecule has 6 heteroatoms. The van der Waals surface area contributed by atoms with Crippen molar-refractivity contribution in [1.82, 2.24) is 19.1 Å². The van der Waals surface area contributed by atoms with E-state index in [-0.39, 0.29) is 11.5 Å². The summed E-state index contributed by atoms with van der Waals surface area (Å²) in [5.41, 5.74) is 5.12. The van der Waals surface area contributed by atoms with Gasteiger partial charge in [-0.1, -0.05) is 12.1 Å². The van der Waals surface area contributed by atoms with Crippen molar-refractivity contribution in [3.05, 3.63) is 73.3 Å². The molecule has 2 aromatic heterocycles. The first kappa shape index (κ1) is 14.5. The Morgan fingerprint density at radius 2 is 1.12 bits per heavy atom. The summed E-state index contributed by atoms with van der Waals surface area (Å²) in [6.45, 7) is 0. The second-order valence-electron chi connectivity index (χ2n) is 6.10. The lowest BCUT2D eigenvalue weighted by Crippen LogP contribution is -1.94. The molecule has 0 amide bonds. The summed E-state index contributed by atoms with van der Waals surface area (Å²) in [5.74, 6) is 0.408. The fourth-order valence-corrected chi connectivity index (χ4v) is 3.21. The van der Waals surface area contributed by atoms with E-state index in [1.54, 1.807) is 49.1 Å². The topological polar surface area (TPSA) is 76.1 Å². The lowest BCUT2D eigenvalue weighted by Gasteiger charge is -2.07. The number of phenols is 2. The Morgan fingerprint density at radius 3 is 1.58 bits per heavy atom. The number of fused-ring (bicyclic) bond motifs is 2. The minimum atomic E-state index is 0.204. The van der Waals surface area contributed by atoms with Crippen LogP contribution >= 0.6 is 0 Å². The van der Waals surface area contributed by atoms with Crippen molar-refractivity contribution in [2.45, 2.75) is 0 Å². The quantitative estimate of drug-likeness (QED) is 0.512. The molecule has 6 nitrogen and oxygen atoms in total. The van der Waals surface area contributed by atoms with E-state index >= 15 is 0 Å². The van der Waals surface area contributed by atoms with Gasteiger partial charge in [-0.05, 0) is 36.4 Å². The molecule has 5 aromatic rings. The zero-order chi connectivity index (χ0) is 17.7. The third kappa shape index (κ3) is 2.20. The Hall–Kier alpha value is -3.80. The molecule has 2 heterocycles. The molecule has 0 aliphatic carbocycles. The lowest BCUT2D eigenvalue weighted by atomic mass is 10.2. The molecule has 26 heavy (non-hydrogen) atoms. The van der Waals surface area contributed by atoms with Crippen LogP contribution in [0, 0.1) is 0 Å². The highest BCUT2D eigenvalue weighted by molar-refractivity contribution is 5.93. The average Bonchev–Trinajstić information content (AvgIpc) is 3.23. The number of aromatic hydroxyl groups is 2. The molecule has 0 unspecified atom stereocenters. The van der Waals surface area contributed by atoms with Gasteiger partial charge < -0.3 is 10.2 Å². The Balaban J connectivity index is 1.76. The van der Waals surface area contributed by atoms with Crippen molar-refractivity contribution >= 4 is 22.1 Å². The number of phenolic OH excluding ortho intramolecular Hbond substituents is 2. The third-order valence-corrected chi connectivity index (χ3v) is 4.43. The molecule has 0 saturated carbocycles. The first-order chi connectivity index (χ1) is 12.7. The maximum absolute atomic E-state index is 9.77. The van der Waals surface area contributed by atoms with Gasteiger partial charge in [-0.25, -0.2) is 9.97 Å². The number of imidazole rings is 2. The van der Waals surface area contributed by atoms with Gasteiger partial charge in [-0.2, -0.15) is 0 Å². The van der Waals surface area contributed by atoms with E-state index in [1.165, 1.54) is 0 Å². The van der Waals surface area contributed by atoms with E-state index in [2.05, 4.69) is 9.97 Å². The van der Waals surface area contributed by atoms with Crippen LogP contribution in [-0.2, 0) is 0 Å². The number of hydrogen-bond donors (Lipinski definition) is 2. The van der Waals surface area contributed by atoms with Crippen LogP contribution in [-0.4, -0.2) is 29.3 Å². The molecule has 0 fully saturated rings. The fraction of sp³-hybridized carbons (Fsp3) is 0. The van der Waals surface area contributed by atoms with Crippen LogP contribution in [0.15, 0.2) is 73.3 Å². The van der Waals surface area contributed by atoms with Crippen LogP contribution in [0.25, 0.3) is 33.4 Å². The molecule has 2 N–H and O–H groups in total. The van der Waals surface area contributed by atoms with Crippen LogP contribution in [0.2, 0.25) is 0 Å². The molecule has 3 aromatic carbocycles. The third-order valence-electron chi connectivity index (χ3n) is 4.43. The molecule has 0 atom stereocenters. The molecule has 0 radical (unpaired) electrons. The van der Waals surface area contributed by atoms with E-state index in [0.29, 0.717) is 0 Å². The highest BCUT2D eigenvalue weighted by Gasteiger charge is 2.11. The molecule has 5 rings (SSSR count). The van der Waals surface area contributed by atoms with Crippen LogP contribution in [0.3, 0.4) is 0 Å². The van der Waals surface area contributed by atoms with Gasteiger partial charge in [0.2, 0.25) is 0 Å². The van der Waals surface area contributed by atoms with Crippen molar-refractivity contribution in [3.8, 4) is 22.9 Å². The number of nitrogens with zero attached hydrogens (tertiary/aromatic N) is 4. The molecular formula is C20H14N4O2. The standard InChI is InChI=1S/C20H14N4O2/c25-15-5-1-3-13(7-15)23-11-21-17-9-18-20(10-19(17)23)24(12-22-18)14-4-2-6-16(26)8-14/h1-12,25-26H. The molecule has 0 saturated heterocycles. The van der Waals surface area contributed by atoms with Gasteiger partial charge in [0.05, 0.1) is 33.4 Å². The summed E-state index contributed by atoms with van der Waals surface area (Å²) >= 11 is 0. The van der Waals surface area contributed by atoms with Gasteiger partial charge in [0, 0.05) is 12.1 Å². The highest BCUT2D eigenvalue weighted by atomic mass is 16.3. The van der Waals surface area contributed by atoms with E-state index in [9.17, 15) is 10.2 Å². The van der Waals surface area contributed by atoms with Crippen molar-refractivity contribution in [2.24, 2.45) is 0 Å². The lowest BCUT2D eigenvalue weighted by molar-refractivity contribution is 0.474. The Kier molecular flexibility index (Phi) is 2.99. The van der Waals surface area contributed by atoms with Gasteiger partial charge >= 0.3 is 0 Å². The van der Waals surface area contributed by atoms with Crippen LogP contribution in [0.1, 0.15) is 0 Å². The second kappa shape index (κ2) is 5.35. The number of hydrogen-bond acceptors (Lipinski definition) is 4. The summed E-state index contributed by atoms with van der Waals surface area (Å²) in [7, 11) is 0. The monoisotopic (exact) mass is 342 g/mol. The molecule has 0 aliphatic heterocycles. The van der Waals surface area contributed by atoms with Gasteiger partial charge in [-0.15, -0.1) is 0 Å². The normalized spacial score (nSPS) is 11.4. The number of aromatic nitrogens is 4. The van der Waals surface area contributed by atoms with Gasteiger partial charge in [0.25, 0.3) is 0 Å². The summed E-state index contributed by atoms with van der Waals surface area (Å²) in [4.78, 5) is 8.93. The molecule has 126 valence electrons. The summed E-state index contributed by atoms with van der Waals surface area (Å²) in [6.07, 6.45) is 3.47. The van der Waals surface area contributed by atoms with Crippen molar-refractivity contribution < 1.29 is 10.2 Å². The molecular weight excluding hydrogens is 328 g/mol. The first-order valence-corrected chi connectivity index (χ1v) is 8.12. The maximum Gasteiger partial charge on any atom is 0.117 e. The van der Waals surface area contributed by atoms with E-state index in [1.807, 2.05) is 33.4 Å². The second-order valence-corrected chi connectivity index (χ2v) is 6.10. The van der Waals surface area contributed by atoms with E-state index in [4.69, 9.17) is 0 Å². The maximum atomic E-state index is 9.77. The van der Waals surface area contributed by atoms with Crippen LogP contribution < -0.4 is 0 Å². The predicted molar refractivity (Wildman–Crippen MR) is 99.0 cm³/mol. The zero-order valence-electron chi connectivity index (χ0n) is 13.6. The molecule has 0 bridgehead atoms. The molecule has 0 aliphatic rings. The average molecular weight is 342 g/mol. The fourth-order valence-electron chi connectivity index (χ4n) is 3.21. The first-order valence-electron chi connectivity index (χ1n) is 8.12. The van der Waals surface area contributed by atoms with Crippen molar-refractivity contribution in [3.63, 3.8) is 0 Å². The number of rotatable bonds is 2. The minimum absolute atomic E-state index is 0.204. The van der Waals surface area contributed by atoms with Gasteiger partial charge in [0.1, 0.15) is 24.2 Å². The van der Waals surface area contributed by atoms with Crippen molar-refractivity contribution in [1.29, 1.82) is 0 Å². The summed E-state index contributed by atoms with van der Waals surface area (Å²) < 4.78 is 3.85. The molecule has 0 spiro atoms. The van der Waals surface area contributed by atoms with E-state index < -0.39 is 0 Å². The highest BCUT2D eigenvalue weighted by Crippen LogP contribution is 2.27. The Morgan fingerprint density at radius 1 is 0.615 bits per heavy atom. The van der Waals surface area contributed by atoms with Gasteiger partial charge in [-0.3, -0.25) is 9.13 Å². The Bertz CT molecular complexity index is 1170. The minimum Gasteiger partial charge on any atom is -0.508 e. The summed E-state index contributed by atoms with van der Waals surface area (Å²) in [5, 5.41) is 19.5. The van der Waals surface area contributed by atoms with Crippen LogP contribution in [0.4, 0.5) is 0 Å². The Labute approximate surface area is 148 Å². The largest absolute Gasteiger partial charge is 0.508 e. The predicted octanol–water partition coefficient (Wildman–Crippen LogP) is 3.78. The van der Waals surface area contributed by atoms with E-state index in [0.717, 1.165) is 33.4 Å². The summed E-state index contributed by atoms with van der Waals surface area (Å²) in [6, 6.07) is 18.0. The van der Waals surface area contributed by atoms with Crippen molar-refractivity contribution in [2.75, 3.05) is 0 Å². The SMILES string of the molecule is Oc1cccc(-n2cnc3cc4ncn(-c5cccc(O)c5)c4cc32)c1.